The maximum Gasteiger partial charge on any atom is 0.508 e. The highest BCUT2D eigenvalue weighted by Crippen LogP contribution is 2.67. The number of hydrogen-bond donors (Lipinski definition) is 12. The zero-order chi connectivity index (χ0) is 101. The molecule has 18 atom stereocenters. The van der Waals surface area contributed by atoms with Crippen LogP contribution in [-0.2, 0) is 86.0 Å². The van der Waals surface area contributed by atoms with E-state index in [1.54, 1.807) is 20.8 Å². The third-order valence-corrected chi connectivity index (χ3v) is 27.4. The van der Waals surface area contributed by atoms with Crippen molar-refractivity contribution in [2.75, 3.05) is 60.8 Å². The number of ketones is 3. The van der Waals surface area contributed by atoms with Crippen molar-refractivity contribution in [2.24, 2.45) is 114 Å². The Hall–Kier alpha value is -10.4. The van der Waals surface area contributed by atoms with Gasteiger partial charge in [0.1, 0.15) is 56.1 Å². The second-order valence-electron chi connectivity index (χ2n) is 44.0. The van der Waals surface area contributed by atoms with Crippen molar-refractivity contribution in [2.45, 2.75) is 310 Å². The predicted octanol–water partition coefficient (Wildman–Crippen LogP) is 6.74. The fraction of sp³-hybridized carbons (Fsp3) is 0.785. The number of amides is 15. The van der Waals surface area contributed by atoms with Gasteiger partial charge in [0.2, 0.25) is 52.8 Å². The van der Waals surface area contributed by atoms with E-state index in [0.717, 1.165) is 38.5 Å². The molecule has 3 saturated heterocycles. The molecule has 0 spiro atoms. The van der Waals surface area contributed by atoms with Crippen molar-refractivity contribution >= 4 is 107 Å². The number of carbonyl (C=O) groups excluding carboxylic acids is 18. The molecule has 3 heterocycles. The van der Waals surface area contributed by atoms with Crippen LogP contribution in [0.25, 0.3) is 0 Å². The normalized spacial score (nSPS) is 23.5. The quantitative estimate of drug-likeness (QED) is 0.0135. The van der Waals surface area contributed by atoms with Crippen molar-refractivity contribution in [3.63, 3.8) is 0 Å². The van der Waals surface area contributed by atoms with E-state index in [0.29, 0.717) is 38.9 Å². The molecule has 3 aliphatic heterocycles. The molecule has 0 bridgehead atoms. The molecule has 132 heavy (non-hydrogen) atoms. The number of allylic oxidation sites excluding steroid dienone is 1. The summed E-state index contributed by atoms with van der Waals surface area (Å²) in [6, 6.07) is -12.5. The van der Waals surface area contributed by atoms with Crippen LogP contribution in [0.3, 0.4) is 0 Å². The van der Waals surface area contributed by atoms with Gasteiger partial charge in [-0.05, 0) is 122 Å². The van der Waals surface area contributed by atoms with E-state index in [9.17, 15) is 86.3 Å². The van der Waals surface area contributed by atoms with Gasteiger partial charge in [-0.25, -0.2) is 28.8 Å². The number of rotatable bonds is 35. The number of nitrogens with two attached hydrogens (primary N) is 3. The molecule has 5 saturated carbocycles. The lowest BCUT2D eigenvalue weighted by Crippen LogP contribution is -2.62. The monoisotopic (exact) mass is 1870 g/mol. The van der Waals surface area contributed by atoms with Crippen molar-refractivity contribution in [3.05, 3.63) is 12.7 Å². The van der Waals surface area contributed by atoms with Crippen molar-refractivity contribution in [1.82, 2.24) is 62.6 Å². The number of hydrogen-bond acceptors (Lipinski definition) is 24. The lowest BCUT2D eigenvalue weighted by molar-refractivity contribution is -0.145. The first-order chi connectivity index (χ1) is 60.7. The molecule has 15 amide bonds. The van der Waals surface area contributed by atoms with Crippen molar-refractivity contribution in [3.8, 4) is 0 Å². The zero-order valence-corrected chi connectivity index (χ0v) is 83.1. The average Bonchev–Trinajstić information content (AvgIpc) is 1.53. The molecule has 5 aliphatic carbocycles. The van der Waals surface area contributed by atoms with Crippen LogP contribution in [0, 0.1) is 96.6 Å². The summed E-state index contributed by atoms with van der Waals surface area (Å²) in [7, 11) is 3.56. The number of carbonyl (C=O) groups is 18. The Labute approximate surface area is 777 Å². The van der Waals surface area contributed by atoms with Gasteiger partial charge in [0.25, 0.3) is 17.7 Å². The van der Waals surface area contributed by atoms with Crippen molar-refractivity contribution < 1.29 is 115 Å². The van der Waals surface area contributed by atoms with Crippen molar-refractivity contribution in [1.29, 1.82) is 0 Å². The minimum absolute atomic E-state index is 0.0591. The molecular weight excluding hydrogens is 1710 g/mol. The van der Waals surface area contributed by atoms with Crippen LogP contribution in [0.5, 0.6) is 0 Å². The molecule has 0 aromatic carbocycles. The summed E-state index contributed by atoms with van der Waals surface area (Å²) in [5, 5.41) is 24.9. The predicted molar refractivity (Wildman–Crippen MR) is 487 cm³/mol. The Morgan fingerprint density at radius 3 is 0.909 bits per heavy atom. The van der Waals surface area contributed by atoms with E-state index in [1.807, 2.05) is 151 Å². The third kappa shape index (κ3) is 29.3. The highest BCUT2D eigenvalue weighted by atomic mass is 16.7. The van der Waals surface area contributed by atoms with E-state index in [2.05, 4.69) is 75.6 Å². The maximum absolute atomic E-state index is 14.1. The highest BCUT2D eigenvalue weighted by Gasteiger charge is 2.73. The summed E-state index contributed by atoms with van der Waals surface area (Å²) in [4.78, 5) is 235. The topological polar surface area (TPSA) is 559 Å². The Morgan fingerprint density at radius 2 is 0.674 bits per heavy atom. The molecule has 15 N–H and O–H groups in total. The molecule has 3 unspecified atom stereocenters. The average molecular weight is 1870 g/mol. The number of primary amides is 3. The van der Waals surface area contributed by atoms with Gasteiger partial charge in [-0.1, -0.05) is 218 Å². The molecule has 0 radical (unpaired) electrons. The van der Waals surface area contributed by atoms with E-state index < -0.39 is 207 Å². The second kappa shape index (κ2) is 45.1. The molecule has 8 rings (SSSR count). The van der Waals surface area contributed by atoms with E-state index in [-0.39, 0.29) is 95.7 Å². The van der Waals surface area contributed by atoms with E-state index in [4.69, 9.17) is 31.4 Å². The fourth-order valence-corrected chi connectivity index (χ4v) is 18.0. The van der Waals surface area contributed by atoms with Crippen LogP contribution in [0.4, 0.5) is 28.8 Å². The number of nitrogens with one attached hydrogen (secondary N) is 9. The number of ether oxygens (including phenoxy) is 6. The van der Waals surface area contributed by atoms with E-state index >= 15 is 0 Å². The number of methoxy groups -OCH3 is 3. The van der Waals surface area contributed by atoms with Gasteiger partial charge in [0.15, 0.2) is 0 Å². The first-order valence-corrected chi connectivity index (χ1v) is 46.0. The van der Waals surface area contributed by atoms with Crippen LogP contribution in [0.1, 0.15) is 237 Å². The fourth-order valence-electron chi connectivity index (χ4n) is 18.0. The molecule has 0 aromatic heterocycles. The number of fused-ring (bicyclic) bond motifs is 3. The Balaban J connectivity index is 0.000000343. The van der Waals surface area contributed by atoms with Gasteiger partial charge in [-0.15, -0.1) is 6.58 Å². The smallest absolute Gasteiger partial charge is 0.438 e. The largest absolute Gasteiger partial charge is 0.508 e. The summed E-state index contributed by atoms with van der Waals surface area (Å²) in [5.41, 5.74) is 12.0. The molecule has 8 aliphatic rings. The summed E-state index contributed by atoms with van der Waals surface area (Å²) in [6.45, 7) is 51.3. The number of urea groups is 3. The SMILES string of the molecule is C=CCC.CCCC(NC(=O)[C@@H]1[C@@H]2[C@H](CN1C(=O)[C@@H](NC(=O)N[C@H](COC(=O)OC)C(C)(C)C)C(C)(C)C)C2(C)C)C(=O)C(N)=O.COC(=O)OC[C@@H](NC(=O)N[C@H](C(=O)N1C[C@H]2[C@@H]([C@H]1C(=O)NC(CC1CC1)C(=O)C(N)=O)C2(C)C)C(C)(C)C)C(C)(C)C.COC(=O)OC[C@@H](NC(=O)N[C@H](C(=O)N1C[C@H]2[C@@H]([C@H]1C(=O)NC(CC1CCC1)C(=O)C(N)=O)C2(C)C)C(C)(C)C)C(C)C. The first-order valence-electron chi connectivity index (χ1n) is 46.0. The number of nitrogens with zero attached hydrogens (tertiary/aromatic N) is 3. The summed E-state index contributed by atoms with van der Waals surface area (Å²) in [5.74, 6) is -8.61. The van der Waals surface area contributed by atoms with Crippen LogP contribution < -0.4 is 65.1 Å². The molecule has 746 valence electrons. The Bertz CT molecular complexity index is 4220. The number of piperidine rings is 3. The van der Waals surface area contributed by atoms with Gasteiger partial charge in [0.05, 0.1) is 57.6 Å². The lowest BCUT2D eigenvalue weighted by Gasteiger charge is -2.38. The number of Topliss-reactive ketones (excluding diaryl/α,β-unsaturated/α-hetero) is 3. The lowest BCUT2D eigenvalue weighted by atomic mass is 9.80. The van der Waals surface area contributed by atoms with Gasteiger partial charge in [-0.3, -0.25) is 57.5 Å². The molecule has 39 heteroatoms. The molecular formula is C93H155N15O24. The van der Waals surface area contributed by atoms with Gasteiger partial charge in [0, 0.05) is 19.6 Å². The maximum atomic E-state index is 14.1. The molecule has 8 fully saturated rings. The summed E-state index contributed by atoms with van der Waals surface area (Å²) < 4.78 is 28.7. The van der Waals surface area contributed by atoms with Gasteiger partial charge < -0.3 is 108 Å². The highest BCUT2D eigenvalue weighted by molar-refractivity contribution is 6.39. The van der Waals surface area contributed by atoms with Crippen LogP contribution >= 0.6 is 0 Å². The minimum atomic E-state index is -1.13. The zero-order valence-electron chi connectivity index (χ0n) is 83.1. The third-order valence-electron chi connectivity index (χ3n) is 27.4. The standard InChI is InChI=1S/2C30H49N5O8.C29H49N5O8.C4H8/c1-28(2,3)18(14-43-27(41)42-9)33-26(40)34-22(29(4,5)6)25(39)35-13-16-19(30(16,7)8)20(35)24(38)32-17(12-15-10-11-15)21(36)23(31)37;1-15(2)19(14-43-28(41)42-8)33-27(40)34-23(29(3,4)5)26(39)35-13-17-20(30(17,6)7)21(35)25(38)32-18(22(36)24(31)37)12-16-10-9-11-16;1-11-12-16(20(35)22(30)36)31-23(37)19-18-15(29(18,8)9)13-34(19)24(38)21(28(5,6)7)33-25(39)32-17(27(2,3)4)14-42-26(40)41-10;1-3-4-2/h15-20,22H,10-14H2,1-9H3,(H2,31,37)(H,32,38)(H2,33,34,40);15-21,23H,9-14H2,1-8H3,(H2,31,37)(H,32,38)(H2,33,34,40);15-19,21H,11-14H2,1-10H3,(H2,30,36)(H,31,37)(H2,32,33,39);3H,1,4H2,2H3/t16-,17?,18+,19-,20-,22+;17-,18?,19+,20-,21-,23+;15-,16?,17+,18-,19-,21+;/m000./s1. The van der Waals surface area contributed by atoms with Gasteiger partial charge >= 0.3 is 36.6 Å². The number of likely N-dealkylation sites (tertiary alicyclic amines) is 3. The second-order valence-corrected chi connectivity index (χ2v) is 44.0. The molecule has 39 nitrogen and oxygen atoms in total. The minimum Gasteiger partial charge on any atom is -0.438 e. The first kappa shape index (κ1) is 112. The Kier molecular flexibility index (Phi) is 38.3. The Morgan fingerprint density at radius 1 is 0.402 bits per heavy atom. The molecule has 0 aromatic rings. The summed E-state index contributed by atoms with van der Waals surface area (Å²) in [6.07, 6.45) is 6.42. The summed E-state index contributed by atoms with van der Waals surface area (Å²) >= 11 is 0. The van der Waals surface area contributed by atoms with Crippen LogP contribution in [0.15, 0.2) is 12.7 Å². The van der Waals surface area contributed by atoms with E-state index in [1.165, 1.54) is 36.0 Å². The van der Waals surface area contributed by atoms with Crippen LogP contribution in [0.2, 0.25) is 0 Å². The van der Waals surface area contributed by atoms with Gasteiger partial charge in [-0.2, -0.15) is 0 Å². The van der Waals surface area contributed by atoms with Crippen LogP contribution in [-0.4, -0.2) is 255 Å².